The summed E-state index contributed by atoms with van der Waals surface area (Å²) in [7, 11) is 1.90. The Kier molecular flexibility index (Phi) is 4.35. The van der Waals surface area contributed by atoms with Crippen LogP contribution in [-0.4, -0.2) is 54.4 Å². The Bertz CT molecular complexity index is 998. The van der Waals surface area contributed by atoms with Gasteiger partial charge in [0.2, 0.25) is 5.91 Å². The van der Waals surface area contributed by atoms with Crippen molar-refractivity contribution < 1.29 is 4.79 Å². The number of carbonyl (C=O) groups excluding carboxylic acids is 1. The van der Waals surface area contributed by atoms with Gasteiger partial charge in [0.05, 0.1) is 5.69 Å². The SMILES string of the molecule is CCC(=O)N1CC[C@H](Nc2ncnc3c2nc(-c2cncc(N)c2)n3C)C1. The van der Waals surface area contributed by atoms with Crippen LogP contribution in [0.15, 0.2) is 24.8 Å². The highest BCUT2D eigenvalue weighted by Gasteiger charge is 2.26. The molecule has 1 saturated heterocycles. The van der Waals surface area contributed by atoms with E-state index in [1.807, 2.05) is 29.5 Å². The summed E-state index contributed by atoms with van der Waals surface area (Å²) in [5.74, 6) is 1.58. The molecule has 0 aromatic carbocycles. The monoisotopic (exact) mass is 366 g/mol. The van der Waals surface area contributed by atoms with E-state index in [1.54, 1.807) is 12.4 Å². The van der Waals surface area contributed by atoms with Gasteiger partial charge in [-0.3, -0.25) is 9.78 Å². The highest BCUT2D eigenvalue weighted by Crippen LogP contribution is 2.27. The minimum absolute atomic E-state index is 0.151. The summed E-state index contributed by atoms with van der Waals surface area (Å²) in [6.07, 6.45) is 6.27. The molecule has 1 atom stereocenters. The molecule has 1 aliphatic heterocycles. The van der Waals surface area contributed by atoms with Crippen LogP contribution in [0, 0.1) is 0 Å². The summed E-state index contributed by atoms with van der Waals surface area (Å²) in [5, 5.41) is 3.44. The van der Waals surface area contributed by atoms with E-state index in [4.69, 9.17) is 10.7 Å². The van der Waals surface area contributed by atoms with Crippen molar-refractivity contribution in [3.63, 3.8) is 0 Å². The topological polar surface area (TPSA) is 115 Å². The van der Waals surface area contributed by atoms with Crippen molar-refractivity contribution in [1.29, 1.82) is 0 Å². The Morgan fingerprint density at radius 1 is 1.37 bits per heavy atom. The maximum Gasteiger partial charge on any atom is 0.222 e. The second-order valence-corrected chi connectivity index (χ2v) is 6.72. The van der Waals surface area contributed by atoms with Crippen LogP contribution in [0.25, 0.3) is 22.6 Å². The summed E-state index contributed by atoms with van der Waals surface area (Å²) in [5.41, 5.74) is 8.68. The number of nitrogens with two attached hydrogens (primary N) is 1. The third-order valence-electron chi connectivity index (χ3n) is 4.86. The number of pyridine rings is 1. The van der Waals surface area contributed by atoms with Gasteiger partial charge in [0.25, 0.3) is 0 Å². The molecule has 0 spiro atoms. The minimum atomic E-state index is 0.151. The van der Waals surface area contributed by atoms with Crippen LogP contribution in [0.4, 0.5) is 11.5 Å². The molecule has 140 valence electrons. The first-order chi connectivity index (χ1) is 13.1. The number of nitrogens with one attached hydrogen (secondary N) is 1. The second kappa shape index (κ2) is 6.82. The number of anilines is 2. The highest BCUT2D eigenvalue weighted by atomic mass is 16.2. The number of nitrogens with zero attached hydrogens (tertiary/aromatic N) is 6. The lowest BCUT2D eigenvalue weighted by atomic mass is 10.2. The zero-order valence-electron chi connectivity index (χ0n) is 15.4. The third-order valence-corrected chi connectivity index (χ3v) is 4.86. The number of rotatable bonds is 4. The van der Waals surface area contributed by atoms with Crippen LogP contribution in [0.3, 0.4) is 0 Å². The van der Waals surface area contributed by atoms with Crippen molar-refractivity contribution in [2.45, 2.75) is 25.8 Å². The fourth-order valence-corrected chi connectivity index (χ4v) is 3.46. The van der Waals surface area contributed by atoms with Gasteiger partial charge >= 0.3 is 0 Å². The predicted molar refractivity (Wildman–Crippen MR) is 103 cm³/mol. The molecule has 1 amide bonds. The van der Waals surface area contributed by atoms with Crippen molar-refractivity contribution in [1.82, 2.24) is 29.4 Å². The summed E-state index contributed by atoms with van der Waals surface area (Å²) in [6.45, 7) is 3.33. The van der Waals surface area contributed by atoms with Crippen molar-refractivity contribution in [3.05, 3.63) is 24.8 Å². The van der Waals surface area contributed by atoms with Crippen LogP contribution < -0.4 is 11.1 Å². The largest absolute Gasteiger partial charge is 0.397 e. The predicted octanol–water partition coefficient (Wildman–Crippen LogP) is 1.43. The van der Waals surface area contributed by atoms with E-state index in [0.717, 1.165) is 30.0 Å². The summed E-state index contributed by atoms with van der Waals surface area (Å²) < 4.78 is 1.90. The number of amides is 1. The standard InChI is InChI=1S/C18H22N8O/c1-3-14(27)26-5-4-13(9-26)23-16-15-18(22-10-21-16)25(2)17(24-15)11-6-12(19)8-20-7-11/h6-8,10,13H,3-5,9,19H2,1-2H3,(H,21,22,23)/t13-/m0/s1. The number of imidazole rings is 1. The van der Waals surface area contributed by atoms with Crippen molar-refractivity contribution in [3.8, 4) is 11.4 Å². The van der Waals surface area contributed by atoms with E-state index in [1.165, 1.54) is 6.33 Å². The molecular weight excluding hydrogens is 344 g/mol. The van der Waals surface area contributed by atoms with Gasteiger partial charge in [-0.15, -0.1) is 0 Å². The van der Waals surface area contributed by atoms with Crippen molar-refractivity contribution in [2.24, 2.45) is 7.05 Å². The molecular formula is C18H22N8O. The molecule has 0 aliphatic carbocycles. The van der Waals surface area contributed by atoms with Crippen molar-refractivity contribution >= 4 is 28.6 Å². The Morgan fingerprint density at radius 2 is 2.22 bits per heavy atom. The van der Waals surface area contributed by atoms with Gasteiger partial charge in [-0.05, 0) is 12.5 Å². The first-order valence-corrected chi connectivity index (χ1v) is 8.99. The number of aryl methyl sites for hydroxylation is 1. The fraction of sp³-hybridized carbons (Fsp3) is 0.389. The molecule has 27 heavy (non-hydrogen) atoms. The molecule has 0 saturated carbocycles. The van der Waals surface area contributed by atoms with E-state index in [9.17, 15) is 4.79 Å². The van der Waals surface area contributed by atoms with E-state index >= 15 is 0 Å². The summed E-state index contributed by atoms with van der Waals surface area (Å²) in [4.78, 5) is 31.4. The second-order valence-electron chi connectivity index (χ2n) is 6.72. The molecule has 4 heterocycles. The minimum Gasteiger partial charge on any atom is -0.397 e. The summed E-state index contributed by atoms with van der Waals surface area (Å²) >= 11 is 0. The van der Waals surface area contributed by atoms with Crippen LogP contribution in [-0.2, 0) is 11.8 Å². The maximum absolute atomic E-state index is 11.9. The molecule has 3 N–H and O–H groups in total. The fourth-order valence-electron chi connectivity index (χ4n) is 3.46. The maximum atomic E-state index is 11.9. The van der Waals surface area contributed by atoms with Gasteiger partial charge in [0.1, 0.15) is 12.2 Å². The normalized spacial score (nSPS) is 16.8. The first-order valence-electron chi connectivity index (χ1n) is 8.99. The molecule has 1 aliphatic rings. The van der Waals surface area contributed by atoms with E-state index in [2.05, 4.69) is 20.3 Å². The Morgan fingerprint density at radius 3 is 3.00 bits per heavy atom. The van der Waals surface area contributed by atoms with Gasteiger partial charge in [-0.2, -0.15) is 0 Å². The Hall–Kier alpha value is -3.23. The smallest absolute Gasteiger partial charge is 0.222 e. The highest BCUT2D eigenvalue weighted by molar-refractivity contribution is 5.86. The van der Waals surface area contributed by atoms with Crippen LogP contribution in [0.1, 0.15) is 19.8 Å². The number of likely N-dealkylation sites (tertiary alicyclic amines) is 1. The molecule has 9 nitrogen and oxygen atoms in total. The number of aromatic nitrogens is 5. The number of nitrogen functional groups attached to an aromatic ring is 1. The van der Waals surface area contributed by atoms with E-state index in [-0.39, 0.29) is 11.9 Å². The van der Waals surface area contributed by atoms with Gasteiger partial charge < -0.3 is 20.5 Å². The Labute approximate surface area is 156 Å². The lowest BCUT2D eigenvalue weighted by Crippen LogP contribution is -2.31. The molecule has 4 rings (SSSR count). The van der Waals surface area contributed by atoms with Gasteiger partial charge in [0.15, 0.2) is 17.0 Å². The Balaban J connectivity index is 1.65. The van der Waals surface area contributed by atoms with Gasteiger partial charge in [-0.25, -0.2) is 15.0 Å². The molecule has 9 heteroatoms. The molecule has 0 bridgehead atoms. The quantitative estimate of drug-likeness (QED) is 0.718. The van der Waals surface area contributed by atoms with Crippen LogP contribution >= 0.6 is 0 Å². The average Bonchev–Trinajstić information content (AvgIpc) is 3.27. The third kappa shape index (κ3) is 3.16. The summed E-state index contributed by atoms with van der Waals surface area (Å²) in [6, 6.07) is 1.98. The van der Waals surface area contributed by atoms with Crippen LogP contribution in [0.5, 0.6) is 0 Å². The molecule has 3 aromatic rings. The molecule has 3 aromatic heterocycles. The molecule has 1 fully saturated rings. The van der Waals surface area contributed by atoms with Gasteiger partial charge in [0, 0.05) is 50.6 Å². The van der Waals surface area contributed by atoms with E-state index in [0.29, 0.717) is 30.0 Å². The molecule has 0 unspecified atom stereocenters. The lowest BCUT2D eigenvalue weighted by Gasteiger charge is -2.16. The number of fused-ring (bicyclic) bond motifs is 1. The van der Waals surface area contributed by atoms with Gasteiger partial charge in [-0.1, -0.05) is 6.92 Å². The number of hydrogen-bond donors (Lipinski definition) is 2. The number of carbonyl (C=O) groups is 1. The zero-order valence-corrected chi connectivity index (χ0v) is 15.4. The zero-order chi connectivity index (χ0) is 19.0. The van der Waals surface area contributed by atoms with Crippen molar-refractivity contribution in [2.75, 3.05) is 24.1 Å². The average molecular weight is 366 g/mol. The lowest BCUT2D eigenvalue weighted by molar-refractivity contribution is -0.129. The first kappa shape index (κ1) is 17.2. The number of hydrogen-bond acceptors (Lipinski definition) is 7. The van der Waals surface area contributed by atoms with E-state index < -0.39 is 0 Å². The molecule has 0 radical (unpaired) electrons. The van der Waals surface area contributed by atoms with Crippen LogP contribution in [0.2, 0.25) is 0 Å².